The van der Waals surface area contributed by atoms with E-state index in [1.165, 1.54) is 6.33 Å². The lowest BCUT2D eigenvalue weighted by molar-refractivity contribution is 0.190. The number of hydrogen-bond donors (Lipinski definition) is 2. The first kappa shape index (κ1) is 12.7. The Labute approximate surface area is 95.2 Å². The molecule has 0 aliphatic heterocycles. The van der Waals surface area contributed by atoms with Gasteiger partial charge in [0.05, 0.1) is 6.61 Å². The van der Waals surface area contributed by atoms with Gasteiger partial charge < -0.3 is 20.5 Å². The second-order valence-corrected chi connectivity index (χ2v) is 3.38. The Kier molecular flexibility index (Phi) is 5.52. The molecule has 1 aromatic rings. The van der Waals surface area contributed by atoms with E-state index in [9.17, 15) is 0 Å². The van der Waals surface area contributed by atoms with E-state index in [4.69, 9.17) is 15.2 Å². The SMILES string of the molecule is COC[C@H](C)Nc1cc(OCCN)ncn1. The molecule has 0 aromatic carbocycles. The summed E-state index contributed by atoms with van der Waals surface area (Å²) in [4.78, 5) is 8.05. The van der Waals surface area contributed by atoms with Gasteiger partial charge in [0.15, 0.2) is 0 Å². The Morgan fingerprint density at radius 1 is 1.50 bits per heavy atom. The number of rotatable bonds is 7. The summed E-state index contributed by atoms with van der Waals surface area (Å²) in [7, 11) is 1.66. The summed E-state index contributed by atoms with van der Waals surface area (Å²) in [5.74, 6) is 1.24. The molecule has 0 amide bonds. The standard InChI is InChI=1S/C10H18N4O2/c1-8(6-15-2)14-9-5-10(13-7-12-9)16-4-3-11/h5,7-8H,3-4,6,11H2,1-2H3,(H,12,13,14)/t8-/m0/s1. The number of nitrogens with one attached hydrogen (secondary N) is 1. The summed E-state index contributed by atoms with van der Waals surface area (Å²) in [6.45, 7) is 3.53. The predicted molar refractivity (Wildman–Crippen MR) is 61.5 cm³/mol. The van der Waals surface area contributed by atoms with Gasteiger partial charge >= 0.3 is 0 Å². The molecule has 6 nitrogen and oxygen atoms in total. The van der Waals surface area contributed by atoms with E-state index >= 15 is 0 Å². The molecule has 1 heterocycles. The van der Waals surface area contributed by atoms with E-state index in [1.54, 1.807) is 13.2 Å². The fourth-order valence-electron chi connectivity index (χ4n) is 1.20. The van der Waals surface area contributed by atoms with Crippen LogP contribution in [0.2, 0.25) is 0 Å². The maximum absolute atomic E-state index is 5.33. The molecule has 1 aromatic heterocycles. The second-order valence-electron chi connectivity index (χ2n) is 3.38. The van der Waals surface area contributed by atoms with Gasteiger partial charge in [-0.15, -0.1) is 0 Å². The van der Waals surface area contributed by atoms with Crippen molar-refractivity contribution in [3.8, 4) is 5.88 Å². The molecule has 0 unspecified atom stereocenters. The normalized spacial score (nSPS) is 12.2. The summed E-state index contributed by atoms with van der Waals surface area (Å²) in [5, 5.41) is 3.17. The van der Waals surface area contributed by atoms with Gasteiger partial charge in [-0.3, -0.25) is 0 Å². The van der Waals surface area contributed by atoms with Crippen LogP contribution in [0.5, 0.6) is 5.88 Å². The summed E-state index contributed by atoms with van der Waals surface area (Å²) in [6, 6.07) is 1.92. The van der Waals surface area contributed by atoms with Gasteiger partial charge in [-0.1, -0.05) is 0 Å². The summed E-state index contributed by atoms with van der Waals surface area (Å²) in [5.41, 5.74) is 5.33. The number of hydrogen-bond acceptors (Lipinski definition) is 6. The number of methoxy groups -OCH3 is 1. The molecule has 0 aliphatic carbocycles. The number of anilines is 1. The zero-order chi connectivity index (χ0) is 11.8. The molecule has 1 atom stereocenters. The maximum Gasteiger partial charge on any atom is 0.218 e. The third kappa shape index (κ3) is 4.41. The lowest BCUT2D eigenvalue weighted by Crippen LogP contribution is -2.21. The number of ether oxygens (including phenoxy) is 2. The van der Waals surface area contributed by atoms with Crippen molar-refractivity contribution in [2.75, 3.05) is 32.2 Å². The van der Waals surface area contributed by atoms with Crippen molar-refractivity contribution in [2.45, 2.75) is 13.0 Å². The molecule has 0 saturated carbocycles. The molecular weight excluding hydrogens is 208 g/mol. The minimum atomic E-state index is 0.183. The Hall–Kier alpha value is -1.40. The Morgan fingerprint density at radius 2 is 2.31 bits per heavy atom. The van der Waals surface area contributed by atoms with Gasteiger partial charge in [0, 0.05) is 25.8 Å². The van der Waals surface area contributed by atoms with Crippen molar-refractivity contribution in [3.05, 3.63) is 12.4 Å². The van der Waals surface area contributed by atoms with Crippen LogP contribution in [0.4, 0.5) is 5.82 Å². The average Bonchev–Trinajstić information content (AvgIpc) is 2.27. The first-order chi connectivity index (χ1) is 7.76. The topological polar surface area (TPSA) is 82.3 Å². The first-order valence-electron chi connectivity index (χ1n) is 5.16. The van der Waals surface area contributed by atoms with Crippen LogP contribution < -0.4 is 15.8 Å². The number of nitrogens with two attached hydrogens (primary N) is 1. The van der Waals surface area contributed by atoms with Crippen LogP contribution in [-0.4, -0.2) is 42.9 Å². The molecule has 6 heteroatoms. The quantitative estimate of drug-likeness (QED) is 0.694. The third-order valence-electron chi connectivity index (χ3n) is 1.82. The van der Waals surface area contributed by atoms with Gasteiger partial charge in [-0.05, 0) is 6.92 Å². The minimum absolute atomic E-state index is 0.183. The van der Waals surface area contributed by atoms with Crippen molar-refractivity contribution < 1.29 is 9.47 Å². The van der Waals surface area contributed by atoms with Crippen molar-refractivity contribution in [1.82, 2.24) is 9.97 Å². The molecule has 3 N–H and O–H groups in total. The molecule has 0 saturated heterocycles. The van der Waals surface area contributed by atoms with Gasteiger partial charge in [0.1, 0.15) is 18.8 Å². The Morgan fingerprint density at radius 3 is 3.00 bits per heavy atom. The van der Waals surface area contributed by atoms with Crippen molar-refractivity contribution in [3.63, 3.8) is 0 Å². The van der Waals surface area contributed by atoms with E-state index in [-0.39, 0.29) is 6.04 Å². The highest BCUT2D eigenvalue weighted by molar-refractivity contribution is 5.37. The highest BCUT2D eigenvalue weighted by atomic mass is 16.5. The van der Waals surface area contributed by atoms with Crippen LogP contribution in [-0.2, 0) is 4.74 Å². The average molecular weight is 226 g/mol. The van der Waals surface area contributed by atoms with Crippen molar-refractivity contribution in [1.29, 1.82) is 0 Å². The maximum atomic E-state index is 5.33. The molecular formula is C10H18N4O2. The van der Waals surface area contributed by atoms with E-state index in [1.807, 2.05) is 6.92 Å². The lowest BCUT2D eigenvalue weighted by atomic mass is 10.3. The molecule has 0 aliphatic rings. The smallest absolute Gasteiger partial charge is 0.218 e. The van der Waals surface area contributed by atoms with E-state index < -0.39 is 0 Å². The Balaban J connectivity index is 2.52. The lowest BCUT2D eigenvalue weighted by Gasteiger charge is -2.13. The van der Waals surface area contributed by atoms with Gasteiger partial charge in [0.25, 0.3) is 0 Å². The molecule has 0 fully saturated rings. The van der Waals surface area contributed by atoms with E-state index in [2.05, 4.69) is 15.3 Å². The Bertz CT molecular complexity index is 309. The van der Waals surface area contributed by atoms with E-state index in [0.29, 0.717) is 31.5 Å². The molecule has 0 bridgehead atoms. The van der Waals surface area contributed by atoms with Crippen LogP contribution in [0.25, 0.3) is 0 Å². The van der Waals surface area contributed by atoms with Crippen molar-refractivity contribution >= 4 is 5.82 Å². The highest BCUT2D eigenvalue weighted by Gasteiger charge is 2.04. The monoisotopic (exact) mass is 226 g/mol. The minimum Gasteiger partial charge on any atom is -0.476 e. The molecule has 16 heavy (non-hydrogen) atoms. The number of nitrogens with zero attached hydrogens (tertiary/aromatic N) is 2. The van der Waals surface area contributed by atoms with Gasteiger partial charge in [-0.25, -0.2) is 9.97 Å². The van der Waals surface area contributed by atoms with Gasteiger partial charge in [-0.2, -0.15) is 0 Å². The van der Waals surface area contributed by atoms with Crippen LogP contribution in [0, 0.1) is 0 Å². The van der Waals surface area contributed by atoms with Crippen LogP contribution in [0.1, 0.15) is 6.92 Å². The summed E-state index contributed by atoms with van der Waals surface area (Å²) in [6.07, 6.45) is 1.45. The zero-order valence-electron chi connectivity index (χ0n) is 9.64. The molecule has 1 rings (SSSR count). The molecule has 0 spiro atoms. The second kappa shape index (κ2) is 6.97. The van der Waals surface area contributed by atoms with Crippen LogP contribution >= 0.6 is 0 Å². The molecule has 0 radical (unpaired) electrons. The van der Waals surface area contributed by atoms with Crippen LogP contribution in [0.15, 0.2) is 12.4 Å². The predicted octanol–water partition coefficient (Wildman–Crippen LogP) is 0.261. The summed E-state index contributed by atoms with van der Waals surface area (Å²) >= 11 is 0. The van der Waals surface area contributed by atoms with Gasteiger partial charge in [0.2, 0.25) is 5.88 Å². The highest BCUT2D eigenvalue weighted by Crippen LogP contribution is 2.11. The first-order valence-corrected chi connectivity index (χ1v) is 5.16. The van der Waals surface area contributed by atoms with E-state index in [0.717, 1.165) is 0 Å². The number of aromatic nitrogens is 2. The van der Waals surface area contributed by atoms with Crippen molar-refractivity contribution in [2.24, 2.45) is 5.73 Å². The fraction of sp³-hybridized carbons (Fsp3) is 0.600. The zero-order valence-corrected chi connectivity index (χ0v) is 9.64. The largest absolute Gasteiger partial charge is 0.476 e. The van der Waals surface area contributed by atoms with Crippen LogP contribution in [0.3, 0.4) is 0 Å². The fourth-order valence-corrected chi connectivity index (χ4v) is 1.20. The molecule has 90 valence electrons. The summed E-state index contributed by atoms with van der Waals surface area (Å²) < 4.78 is 10.3. The third-order valence-corrected chi connectivity index (χ3v) is 1.82.